The Labute approximate surface area is 88.3 Å². The zero-order chi connectivity index (χ0) is 11.0. The van der Waals surface area contributed by atoms with Crippen LogP contribution in [0.4, 0.5) is 0 Å². The van der Waals surface area contributed by atoms with Crippen LogP contribution in [0, 0.1) is 11.8 Å². The first-order valence-electron chi connectivity index (χ1n) is 5.98. The molecule has 86 valence electrons. The molecule has 0 fully saturated rings. The van der Waals surface area contributed by atoms with Gasteiger partial charge < -0.3 is 10.2 Å². The quantitative estimate of drug-likeness (QED) is 0.635. The predicted octanol–water partition coefficient (Wildman–Crippen LogP) is 2.58. The standard InChI is InChI=1S/C12H26O2/c1-4-10(5-2)9-11(6-3)12(14)7-8-13/h10-14H,4-9H2,1-3H3. The predicted molar refractivity (Wildman–Crippen MR) is 60.2 cm³/mol. The maximum absolute atomic E-state index is 9.79. The second-order valence-electron chi connectivity index (χ2n) is 4.17. The van der Waals surface area contributed by atoms with Gasteiger partial charge in [0, 0.05) is 6.61 Å². The maximum atomic E-state index is 9.79. The average molecular weight is 202 g/mol. The van der Waals surface area contributed by atoms with Crippen LogP contribution in [0.2, 0.25) is 0 Å². The van der Waals surface area contributed by atoms with Crippen LogP contribution in [-0.2, 0) is 0 Å². The molecule has 0 rings (SSSR count). The van der Waals surface area contributed by atoms with Gasteiger partial charge in [0.25, 0.3) is 0 Å². The molecule has 2 unspecified atom stereocenters. The van der Waals surface area contributed by atoms with Crippen molar-refractivity contribution in [2.75, 3.05) is 6.61 Å². The number of hydrogen-bond acceptors (Lipinski definition) is 2. The Balaban J connectivity index is 3.98. The minimum absolute atomic E-state index is 0.0978. The van der Waals surface area contributed by atoms with Crippen LogP contribution in [0.25, 0.3) is 0 Å². The summed E-state index contributed by atoms with van der Waals surface area (Å²) in [7, 11) is 0. The van der Waals surface area contributed by atoms with Crippen molar-refractivity contribution >= 4 is 0 Å². The third-order valence-electron chi connectivity index (χ3n) is 3.28. The van der Waals surface area contributed by atoms with Crippen LogP contribution in [-0.4, -0.2) is 22.9 Å². The summed E-state index contributed by atoms with van der Waals surface area (Å²) in [6.07, 6.45) is 4.71. The highest BCUT2D eigenvalue weighted by molar-refractivity contribution is 4.71. The molecule has 0 heterocycles. The SMILES string of the molecule is CCC(CC)CC(CC)C(O)CCO. The summed E-state index contributed by atoms with van der Waals surface area (Å²) in [5.74, 6) is 1.10. The first-order chi connectivity index (χ1) is 6.69. The average Bonchev–Trinajstić information content (AvgIpc) is 2.20. The van der Waals surface area contributed by atoms with Crippen molar-refractivity contribution < 1.29 is 10.2 Å². The molecule has 0 amide bonds. The van der Waals surface area contributed by atoms with Gasteiger partial charge in [-0.15, -0.1) is 0 Å². The number of hydrogen-bond donors (Lipinski definition) is 2. The van der Waals surface area contributed by atoms with Gasteiger partial charge in [0.15, 0.2) is 0 Å². The normalized spacial score (nSPS) is 15.9. The van der Waals surface area contributed by atoms with Crippen LogP contribution in [0.5, 0.6) is 0 Å². The molecule has 0 aliphatic carbocycles. The van der Waals surface area contributed by atoms with Gasteiger partial charge in [0.05, 0.1) is 6.10 Å². The summed E-state index contributed by atoms with van der Waals surface area (Å²) >= 11 is 0. The molecule has 0 radical (unpaired) electrons. The Morgan fingerprint density at radius 1 is 1.00 bits per heavy atom. The lowest BCUT2D eigenvalue weighted by molar-refractivity contribution is 0.0636. The van der Waals surface area contributed by atoms with Gasteiger partial charge in [-0.1, -0.05) is 40.0 Å². The van der Waals surface area contributed by atoms with Crippen molar-refractivity contribution in [3.8, 4) is 0 Å². The Hall–Kier alpha value is -0.0800. The third kappa shape index (κ3) is 4.97. The lowest BCUT2D eigenvalue weighted by Crippen LogP contribution is -2.23. The summed E-state index contributed by atoms with van der Waals surface area (Å²) in [5, 5.41) is 18.6. The Morgan fingerprint density at radius 2 is 1.57 bits per heavy atom. The smallest absolute Gasteiger partial charge is 0.0590 e. The molecule has 0 aromatic heterocycles. The Morgan fingerprint density at radius 3 is 1.93 bits per heavy atom. The molecule has 0 saturated carbocycles. The lowest BCUT2D eigenvalue weighted by Gasteiger charge is -2.25. The van der Waals surface area contributed by atoms with E-state index in [0.29, 0.717) is 12.3 Å². The van der Waals surface area contributed by atoms with Crippen molar-refractivity contribution in [3.63, 3.8) is 0 Å². The fraction of sp³-hybridized carbons (Fsp3) is 1.00. The molecule has 0 aromatic rings. The number of aliphatic hydroxyl groups excluding tert-OH is 2. The summed E-state index contributed by atoms with van der Waals surface area (Å²) < 4.78 is 0. The molecule has 0 saturated heterocycles. The van der Waals surface area contributed by atoms with Crippen molar-refractivity contribution in [2.45, 2.75) is 59.0 Å². The van der Waals surface area contributed by atoms with E-state index in [1.807, 2.05) is 0 Å². The maximum Gasteiger partial charge on any atom is 0.0590 e. The van der Waals surface area contributed by atoms with Gasteiger partial charge in [0.2, 0.25) is 0 Å². The van der Waals surface area contributed by atoms with Crippen LogP contribution in [0.1, 0.15) is 52.9 Å². The summed E-state index contributed by atoms with van der Waals surface area (Å²) in [6.45, 7) is 6.63. The van der Waals surface area contributed by atoms with E-state index in [4.69, 9.17) is 5.11 Å². The van der Waals surface area contributed by atoms with Crippen molar-refractivity contribution in [1.29, 1.82) is 0 Å². The topological polar surface area (TPSA) is 40.5 Å². The largest absolute Gasteiger partial charge is 0.396 e. The van der Waals surface area contributed by atoms with Crippen molar-refractivity contribution in [2.24, 2.45) is 11.8 Å². The molecule has 2 nitrogen and oxygen atoms in total. The van der Waals surface area contributed by atoms with E-state index >= 15 is 0 Å². The molecule has 0 bridgehead atoms. The zero-order valence-electron chi connectivity index (χ0n) is 9.87. The molecule has 2 N–H and O–H groups in total. The zero-order valence-corrected chi connectivity index (χ0v) is 9.87. The van der Waals surface area contributed by atoms with Gasteiger partial charge in [-0.25, -0.2) is 0 Å². The molecule has 2 atom stereocenters. The second-order valence-corrected chi connectivity index (χ2v) is 4.17. The summed E-state index contributed by atoms with van der Waals surface area (Å²) in [4.78, 5) is 0. The summed E-state index contributed by atoms with van der Waals surface area (Å²) in [5.41, 5.74) is 0. The van der Waals surface area contributed by atoms with E-state index in [0.717, 1.165) is 18.8 Å². The molecule has 2 heteroatoms. The first kappa shape index (κ1) is 13.9. The minimum Gasteiger partial charge on any atom is -0.396 e. The van der Waals surface area contributed by atoms with E-state index in [1.54, 1.807) is 0 Å². The highest BCUT2D eigenvalue weighted by Crippen LogP contribution is 2.24. The molecular formula is C12H26O2. The highest BCUT2D eigenvalue weighted by atomic mass is 16.3. The molecule has 0 aliphatic rings. The van der Waals surface area contributed by atoms with E-state index in [-0.39, 0.29) is 12.7 Å². The second kappa shape index (κ2) is 8.25. The third-order valence-corrected chi connectivity index (χ3v) is 3.28. The fourth-order valence-corrected chi connectivity index (χ4v) is 2.01. The number of rotatable bonds is 8. The molecule has 0 aliphatic heterocycles. The lowest BCUT2D eigenvalue weighted by atomic mass is 9.85. The van der Waals surface area contributed by atoms with Gasteiger partial charge in [-0.3, -0.25) is 0 Å². The van der Waals surface area contributed by atoms with Gasteiger partial charge in [-0.05, 0) is 24.7 Å². The van der Waals surface area contributed by atoms with Crippen molar-refractivity contribution in [3.05, 3.63) is 0 Å². The van der Waals surface area contributed by atoms with E-state index in [9.17, 15) is 5.11 Å². The van der Waals surface area contributed by atoms with Gasteiger partial charge >= 0.3 is 0 Å². The van der Waals surface area contributed by atoms with Gasteiger partial charge in [0.1, 0.15) is 0 Å². The summed E-state index contributed by atoms with van der Waals surface area (Å²) in [6, 6.07) is 0. The molecule has 0 spiro atoms. The number of aliphatic hydroxyl groups is 2. The Bertz CT molecular complexity index is 121. The first-order valence-corrected chi connectivity index (χ1v) is 5.98. The van der Waals surface area contributed by atoms with E-state index in [2.05, 4.69) is 20.8 Å². The molecule has 14 heavy (non-hydrogen) atoms. The highest BCUT2D eigenvalue weighted by Gasteiger charge is 2.19. The minimum atomic E-state index is -0.314. The molecular weight excluding hydrogens is 176 g/mol. The van der Waals surface area contributed by atoms with Crippen LogP contribution in [0.3, 0.4) is 0 Å². The van der Waals surface area contributed by atoms with Crippen LogP contribution in [0.15, 0.2) is 0 Å². The van der Waals surface area contributed by atoms with Crippen molar-refractivity contribution in [1.82, 2.24) is 0 Å². The molecule has 0 aromatic carbocycles. The van der Waals surface area contributed by atoms with Crippen LogP contribution < -0.4 is 0 Å². The fourth-order valence-electron chi connectivity index (χ4n) is 2.01. The van der Waals surface area contributed by atoms with Crippen LogP contribution >= 0.6 is 0 Å². The van der Waals surface area contributed by atoms with Gasteiger partial charge in [-0.2, -0.15) is 0 Å². The van der Waals surface area contributed by atoms with E-state index < -0.39 is 0 Å². The Kier molecular flexibility index (Phi) is 8.20. The monoisotopic (exact) mass is 202 g/mol. The van der Waals surface area contributed by atoms with E-state index in [1.165, 1.54) is 12.8 Å².